The normalized spacial score (nSPS) is 30.4. The molecule has 0 spiro atoms. The van der Waals surface area contributed by atoms with Gasteiger partial charge >= 0.3 is 5.97 Å². The number of carbonyl (C=O) groups excluding carboxylic acids is 1. The van der Waals surface area contributed by atoms with E-state index in [4.69, 9.17) is 20.8 Å². The molecule has 0 heterocycles. The SMILES string of the molecule is CCOC(=O)C1C(CCO)C1C(N)C#N. The predicted molar refractivity (Wildman–Crippen MR) is 52.4 cm³/mol. The highest BCUT2D eigenvalue weighted by molar-refractivity contribution is 5.76. The maximum absolute atomic E-state index is 11.5. The highest BCUT2D eigenvalue weighted by Gasteiger charge is 2.57. The molecule has 1 saturated carbocycles. The number of hydrogen-bond donors (Lipinski definition) is 2. The fourth-order valence-electron chi connectivity index (χ4n) is 2.07. The standard InChI is InChI=1S/C10H16N2O3/c1-2-15-10(14)9-6(3-4-13)8(9)7(12)5-11/h6-9,13H,2-4,12H2,1H3. The van der Waals surface area contributed by atoms with Gasteiger partial charge in [0.25, 0.3) is 0 Å². The van der Waals surface area contributed by atoms with E-state index in [9.17, 15) is 4.79 Å². The Morgan fingerprint density at radius 1 is 1.73 bits per heavy atom. The third-order valence-corrected chi connectivity index (χ3v) is 2.81. The number of aliphatic hydroxyl groups excluding tert-OH is 1. The Labute approximate surface area is 88.8 Å². The van der Waals surface area contributed by atoms with Crippen LogP contribution in [0.4, 0.5) is 0 Å². The van der Waals surface area contributed by atoms with Crippen LogP contribution in [0.1, 0.15) is 13.3 Å². The van der Waals surface area contributed by atoms with Crippen LogP contribution in [-0.2, 0) is 9.53 Å². The summed E-state index contributed by atoms with van der Waals surface area (Å²) in [5.41, 5.74) is 5.57. The van der Waals surface area contributed by atoms with Crippen LogP contribution >= 0.6 is 0 Å². The molecule has 0 bridgehead atoms. The van der Waals surface area contributed by atoms with Gasteiger partial charge in [-0.05, 0) is 19.3 Å². The summed E-state index contributed by atoms with van der Waals surface area (Å²) < 4.78 is 4.88. The third-order valence-electron chi connectivity index (χ3n) is 2.81. The molecule has 0 aromatic carbocycles. The molecular weight excluding hydrogens is 196 g/mol. The highest BCUT2D eigenvalue weighted by atomic mass is 16.5. The molecule has 1 aliphatic carbocycles. The van der Waals surface area contributed by atoms with E-state index in [0.717, 1.165) is 0 Å². The van der Waals surface area contributed by atoms with Gasteiger partial charge in [-0.25, -0.2) is 0 Å². The van der Waals surface area contributed by atoms with E-state index in [1.807, 2.05) is 6.07 Å². The van der Waals surface area contributed by atoms with E-state index in [1.54, 1.807) is 6.92 Å². The average molecular weight is 212 g/mol. The summed E-state index contributed by atoms with van der Waals surface area (Å²) in [5.74, 6) is -0.747. The van der Waals surface area contributed by atoms with E-state index >= 15 is 0 Å². The van der Waals surface area contributed by atoms with Crippen molar-refractivity contribution < 1.29 is 14.6 Å². The predicted octanol–water partition coefficient (Wildman–Crippen LogP) is -0.355. The lowest BCUT2D eigenvalue weighted by Gasteiger charge is -2.01. The number of ether oxygens (including phenoxy) is 1. The zero-order valence-corrected chi connectivity index (χ0v) is 8.72. The van der Waals surface area contributed by atoms with Crippen molar-refractivity contribution in [3.8, 4) is 6.07 Å². The molecule has 4 atom stereocenters. The number of nitrogens with zero attached hydrogens (tertiary/aromatic N) is 1. The minimum atomic E-state index is -0.643. The minimum absolute atomic E-state index is 0.00343. The first kappa shape index (κ1) is 12.0. The van der Waals surface area contributed by atoms with Crippen molar-refractivity contribution in [3.05, 3.63) is 0 Å². The van der Waals surface area contributed by atoms with Crippen LogP contribution in [0.2, 0.25) is 0 Å². The maximum Gasteiger partial charge on any atom is 0.309 e. The van der Waals surface area contributed by atoms with Crippen LogP contribution < -0.4 is 5.73 Å². The topological polar surface area (TPSA) is 96.3 Å². The first-order valence-electron chi connectivity index (χ1n) is 5.10. The van der Waals surface area contributed by atoms with E-state index in [2.05, 4.69) is 0 Å². The summed E-state index contributed by atoms with van der Waals surface area (Å²) in [7, 11) is 0. The van der Waals surface area contributed by atoms with Crippen LogP contribution in [0.15, 0.2) is 0 Å². The number of esters is 1. The van der Waals surface area contributed by atoms with Crippen molar-refractivity contribution >= 4 is 5.97 Å². The van der Waals surface area contributed by atoms with E-state index < -0.39 is 6.04 Å². The Bertz CT molecular complexity index is 274. The molecule has 0 aromatic heterocycles. The van der Waals surface area contributed by atoms with Crippen molar-refractivity contribution in [2.75, 3.05) is 13.2 Å². The van der Waals surface area contributed by atoms with Crippen LogP contribution in [0, 0.1) is 29.1 Å². The second-order valence-corrected chi connectivity index (χ2v) is 3.69. The van der Waals surface area contributed by atoms with Gasteiger partial charge in [0.15, 0.2) is 0 Å². The molecule has 15 heavy (non-hydrogen) atoms. The van der Waals surface area contributed by atoms with Crippen molar-refractivity contribution in [1.82, 2.24) is 0 Å². The van der Waals surface area contributed by atoms with E-state index in [1.165, 1.54) is 0 Å². The summed E-state index contributed by atoms with van der Waals surface area (Å²) in [6.45, 7) is 2.07. The molecular formula is C10H16N2O3. The first-order chi connectivity index (χ1) is 7.17. The number of hydrogen-bond acceptors (Lipinski definition) is 5. The van der Waals surface area contributed by atoms with Crippen LogP contribution in [0.25, 0.3) is 0 Å². The highest BCUT2D eigenvalue weighted by Crippen LogP contribution is 2.50. The second-order valence-electron chi connectivity index (χ2n) is 3.69. The van der Waals surface area contributed by atoms with Gasteiger partial charge in [0.05, 0.1) is 24.6 Å². The Hall–Kier alpha value is -1.12. The Morgan fingerprint density at radius 3 is 2.87 bits per heavy atom. The van der Waals surface area contributed by atoms with Crippen LogP contribution in [-0.4, -0.2) is 30.3 Å². The lowest BCUT2D eigenvalue weighted by Crippen LogP contribution is -2.23. The summed E-state index contributed by atoms with van der Waals surface area (Å²) in [6, 6.07) is 1.29. The zero-order chi connectivity index (χ0) is 11.4. The Kier molecular flexibility index (Phi) is 4.06. The number of nitrogens with two attached hydrogens (primary N) is 1. The average Bonchev–Trinajstić information content (AvgIpc) is 2.92. The quantitative estimate of drug-likeness (QED) is 0.607. The molecule has 5 nitrogen and oxygen atoms in total. The van der Waals surface area contributed by atoms with Gasteiger partial charge in [0.1, 0.15) is 0 Å². The fraction of sp³-hybridized carbons (Fsp3) is 0.800. The van der Waals surface area contributed by atoms with E-state index in [-0.39, 0.29) is 30.3 Å². The molecule has 0 aromatic rings. The monoisotopic (exact) mass is 212 g/mol. The molecule has 5 heteroatoms. The van der Waals surface area contributed by atoms with Gasteiger partial charge in [-0.3, -0.25) is 4.79 Å². The molecule has 0 aliphatic heterocycles. The number of carbonyl (C=O) groups is 1. The summed E-state index contributed by atoms with van der Waals surface area (Å²) in [5, 5.41) is 17.5. The molecule has 3 N–H and O–H groups in total. The fourth-order valence-corrected chi connectivity index (χ4v) is 2.07. The van der Waals surface area contributed by atoms with Gasteiger partial charge in [-0.2, -0.15) is 5.26 Å². The third kappa shape index (κ3) is 2.46. The molecule has 1 aliphatic rings. The summed E-state index contributed by atoms with van der Waals surface area (Å²) in [6.07, 6.45) is 0.503. The Balaban J connectivity index is 2.57. The molecule has 0 saturated heterocycles. The molecule has 1 rings (SSSR count). The van der Waals surface area contributed by atoms with Gasteiger partial charge < -0.3 is 15.6 Å². The Morgan fingerprint density at radius 2 is 2.40 bits per heavy atom. The molecule has 4 unspecified atom stereocenters. The van der Waals surface area contributed by atoms with Crippen molar-refractivity contribution in [2.24, 2.45) is 23.5 Å². The minimum Gasteiger partial charge on any atom is -0.466 e. The van der Waals surface area contributed by atoms with Crippen LogP contribution in [0.5, 0.6) is 0 Å². The van der Waals surface area contributed by atoms with Crippen molar-refractivity contribution in [1.29, 1.82) is 5.26 Å². The van der Waals surface area contributed by atoms with Crippen LogP contribution in [0.3, 0.4) is 0 Å². The number of rotatable bonds is 5. The molecule has 84 valence electrons. The molecule has 0 radical (unpaired) electrons. The maximum atomic E-state index is 11.5. The lowest BCUT2D eigenvalue weighted by atomic mass is 10.1. The number of nitriles is 1. The largest absolute Gasteiger partial charge is 0.466 e. The van der Waals surface area contributed by atoms with Gasteiger partial charge in [0, 0.05) is 12.5 Å². The first-order valence-corrected chi connectivity index (χ1v) is 5.10. The molecule has 0 amide bonds. The van der Waals surface area contributed by atoms with Gasteiger partial charge in [-0.1, -0.05) is 0 Å². The smallest absolute Gasteiger partial charge is 0.309 e. The summed E-state index contributed by atoms with van der Waals surface area (Å²) in [4.78, 5) is 11.5. The van der Waals surface area contributed by atoms with Crippen molar-refractivity contribution in [2.45, 2.75) is 19.4 Å². The second kappa shape index (κ2) is 5.10. The zero-order valence-electron chi connectivity index (χ0n) is 8.72. The lowest BCUT2D eigenvalue weighted by molar-refractivity contribution is -0.145. The van der Waals surface area contributed by atoms with Crippen molar-refractivity contribution in [3.63, 3.8) is 0 Å². The van der Waals surface area contributed by atoms with E-state index in [0.29, 0.717) is 13.0 Å². The number of aliphatic hydroxyl groups is 1. The summed E-state index contributed by atoms with van der Waals surface area (Å²) >= 11 is 0. The van der Waals surface area contributed by atoms with Gasteiger partial charge in [0.2, 0.25) is 0 Å². The van der Waals surface area contributed by atoms with Gasteiger partial charge in [-0.15, -0.1) is 0 Å². The molecule has 1 fully saturated rings.